The lowest BCUT2D eigenvalue weighted by Gasteiger charge is -2.46. The van der Waals surface area contributed by atoms with Gasteiger partial charge in [0.2, 0.25) is 0 Å². The number of hydrogen-bond donors (Lipinski definition) is 1. The molecule has 3 fully saturated rings. The number of thioether (sulfide) groups is 1. The molecule has 4 heteroatoms. The average Bonchev–Trinajstić information content (AvgIpc) is 2.71. The Hall–Kier alpha value is -0.220. The van der Waals surface area contributed by atoms with Crippen molar-refractivity contribution in [2.24, 2.45) is 4.99 Å². The van der Waals surface area contributed by atoms with Gasteiger partial charge in [0.05, 0.1) is 6.54 Å². The Morgan fingerprint density at radius 2 is 1.84 bits per heavy atom. The fraction of sp³-hybridized carbons (Fsp3) is 0.933. The molecule has 0 aromatic heterocycles. The van der Waals surface area contributed by atoms with Crippen LogP contribution >= 0.6 is 11.8 Å². The van der Waals surface area contributed by atoms with Crippen molar-refractivity contribution in [2.45, 2.75) is 62.4 Å². The van der Waals surface area contributed by atoms with Gasteiger partial charge in [-0.2, -0.15) is 0 Å². The number of aliphatic imine (C=N–C) groups is 1. The molecule has 3 nitrogen and oxygen atoms in total. The Morgan fingerprint density at radius 1 is 1.11 bits per heavy atom. The predicted octanol–water partition coefficient (Wildman–Crippen LogP) is 2.87. The van der Waals surface area contributed by atoms with E-state index in [0.717, 1.165) is 6.54 Å². The maximum absolute atomic E-state index is 4.92. The third-order valence-corrected chi connectivity index (χ3v) is 6.62. The number of amidine groups is 1. The van der Waals surface area contributed by atoms with E-state index in [9.17, 15) is 0 Å². The van der Waals surface area contributed by atoms with Gasteiger partial charge in [0.25, 0.3) is 0 Å². The van der Waals surface area contributed by atoms with Crippen LogP contribution in [-0.2, 0) is 0 Å². The van der Waals surface area contributed by atoms with Crippen molar-refractivity contribution in [3.05, 3.63) is 0 Å². The second-order valence-corrected chi connectivity index (χ2v) is 7.81. The van der Waals surface area contributed by atoms with E-state index in [-0.39, 0.29) is 0 Å². The summed E-state index contributed by atoms with van der Waals surface area (Å²) in [5.41, 5.74) is 0.754. The molecule has 2 saturated carbocycles. The highest BCUT2D eigenvalue weighted by atomic mass is 32.2. The maximum atomic E-state index is 4.92. The second kappa shape index (κ2) is 5.28. The number of nitrogens with zero attached hydrogens (tertiary/aromatic N) is 2. The summed E-state index contributed by atoms with van der Waals surface area (Å²) in [6, 6.07) is 0. The molecule has 1 heterocycles. The zero-order chi connectivity index (χ0) is 13.3. The molecule has 0 aromatic carbocycles. The van der Waals surface area contributed by atoms with Gasteiger partial charge in [-0.3, -0.25) is 4.99 Å². The van der Waals surface area contributed by atoms with E-state index in [4.69, 9.17) is 4.99 Å². The molecule has 0 bridgehead atoms. The van der Waals surface area contributed by atoms with Crippen molar-refractivity contribution >= 4 is 16.9 Å². The van der Waals surface area contributed by atoms with E-state index in [1.54, 1.807) is 0 Å². The lowest BCUT2D eigenvalue weighted by molar-refractivity contribution is 0.0700. The molecule has 1 saturated heterocycles. The van der Waals surface area contributed by atoms with E-state index >= 15 is 0 Å². The molecule has 3 rings (SSSR count). The van der Waals surface area contributed by atoms with Gasteiger partial charge in [0, 0.05) is 16.8 Å². The summed E-state index contributed by atoms with van der Waals surface area (Å²) in [5.74, 6) is 1.24. The molecule has 0 atom stereocenters. The third kappa shape index (κ3) is 2.66. The van der Waals surface area contributed by atoms with Crippen molar-refractivity contribution in [1.29, 1.82) is 0 Å². The largest absolute Gasteiger partial charge is 0.359 e. The summed E-state index contributed by atoms with van der Waals surface area (Å²) < 4.78 is 0. The van der Waals surface area contributed by atoms with Crippen LogP contribution in [0.1, 0.15) is 51.4 Å². The van der Waals surface area contributed by atoms with Crippen LogP contribution in [0.4, 0.5) is 0 Å². The van der Waals surface area contributed by atoms with Crippen LogP contribution in [0.3, 0.4) is 0 Å². The number of likely N-dealkylation sites (N-methyl/N-ethyl adjacent to an activating group) is 1. The SMILES string of the molecule is CN(C)C1(CN=C2NC3(CCCCC3)CS2)CCC1. The normalized spacial score (nSPS) is 30.6. The van der Waals surface area contributed by atoms with E-state index in [2.05, 4.69) is 24.3 Å². The first kappa shape index (κ1) is 13.7. The smallest absolute Gasteiger partial charge is 0.157 e. The standard InChI is InChI=1S/C15H27N3S/c1-18(2)15(9-6-10-15)11-16-13-17-14(12-19-13)7-4-3-5-8-14/h3-12H2,1-2H3,(H,16,17). The Morgan fingerprint density at radius 3 is 2.42 bits per heavy atom. The van der Waals surface area contributed by atoms with Gasteiger partial charge in [-0.15, -0.1) is 0 Å². The summed E-state index contributed by atoms with van der Waals surface area (Å²) >= 11 is 1.96. The van der Waals surface area contributed by atoms with Gasteiger partial charge in [0.1, 0.15) is 0 Å². The Kier molecular flexibility index (Phi) is 3.82. The van der Waals surface area contributed by atoms with Crippen LogP contribution < -0.4 is 5.32 Å². The van der Waals surface area contributed by atoms with Crippen LogP contribution in [0.15, 0.2) is 4.99 Å². The van der Waals surface area contributed by atoms with Crippen molar-refractivity contribution in [3.63, 3.8) is 0 Å². The maximum Gasteiger partial charge on any atom is 0.157 e. The first-order chi connectivity index (χ1) is 9.14. The van der Waals surface area contributed by atoms with Crippen molar-refractivity contribution < 1.29 is 0 Å². The molecule has 0 unspecified atom stereocenters. The van der Waals surface area contributed by atoms with E-state index in [0.29, 0.717) is 11.1 Å². The highest BCUT2D eigenvalue weighted by molar-refractivity contribution is 8.14. The highest BCUT2D eigenvalue weighted by Crippen LogP contribution is 2.38. The molecule has 2 aliphatic carbocycles. The summed E-state index contributed by atoms with van der Waals surface area (Å²) in [4.78, 5) is 7.30. The fourth-order valence-electron chi connectivity index (χ4n) is 3.64. The molecule has 0 aromatic rings. The van der Waals surface area contributed by atoms with Crippen molar-refractivity contribution in [3.8, 4) is 0 Å². The zero-order valence-electron chi connectivity index (χ0n) is 12.4. The van der Waals surface area contributed by atoms with Crippen LogP contribution in [0, 0.1) is 0 Å². The molecule has 3 aliphatic rings. The predicted molar refractivity (Wildman–Crippen MR) is 84.0 cm³/mol. The van der Waals surface area contributed by atoms with Gasteiger partial charge in [-0.05, 0) is 46.2 Å². The minimum atomic E-state index is 0.359. The Bertz CT molecular complexity index is 354. The summed E-state index contributed by atoms with van der Waals surface area (Å²) in [6.07, 6.45) is 10.9. The van der Waals surface area contributed by atoms with E-state index in [1.165, 1.54) is 62.3 Å². The molecule has 1 N–H and O–H groups in total. The summed E-state index contributed by atoms with van der Waals surface area (Å²) in [6.45, 7) is 0.978. The minimum absolute atomic E-state index is 0.359. The molecular formula is C15H27N3S. The lowest BCUT2D eigenvalue weighted by atomic mass is 9.76. The number of nitrogens with one attached hydrogen (secondary N) is 1. The van der Waals surface area contributed by atoms with Crippen LogP contribution in [0.2, 0.25) is 0 Å². The fourth-order valence-corrected chi connectivity index (χ4v) is 4.86. The first-order valence-electron chi connectivity index (χ1n) is 7.77. The monoisotopic (exact) mass is 281 g/mol. The van der Waals surface area contributed by atoms with Gasteiger partial charge < -0.3 is 10.2 Å². The molecular weight excluding hydrogens is 254 g/mol. The summed E-state index contributed by atoms with van der Waals surface area (Å²) in [5, 5.41) is 4.98. The number of rotatable bonds is 3. The van der Waals surface area contributed by atoms with E-state index in [1.807, 2.05) is 11.8 Å². The summed E-state index contributed by atoms with van der Waals surface area (Å²) in [7, 11) is 4.41. The first-order valence-corrected chi connectivity index (χ1v) is 8.76. The van der Waals surface area contributed by atoms with Gasteiger partial charge in [-0.25, -0.2) is 0 Å². The quantitative estimate of drug-likeness (QED) is 0.862. The molecule has 108 valence electrons. The Balaban J connectivity index is 1.60. The third-order valence-electron chi connectivity index (χ3n) is 5.42. The van der Waals surface area contributed by atoms with Crippen LogP contribution in [-0.4, -0.2) is 47.5 Å². The molecule has 0 amide bonds. The van der Waals surface area contributed by atoms with Crippen molar-refractivity contribution in [1.82, 2.24) is 10.2 Å². The zero-order valence-corrected chi connectivity index (χ0v) is 13.2. The van der Waals surface area contributed by atoms with Crippen LogP contribution in [0.5, 0.6) is 0 Å². The number of hydrogen-bond acceptors (Lipinski definition) is 3. The van der Waals surface area contributed by atoms with E-state index < -0.39 is 0 Å². The molecule has 19 heavy (non-hydrogen) atoms. The Labute approximate surface area is 121 Å². The molecule has 1 spiro atoms. The molecule has 0 radical (unpaired) electrons. The topological polar surface area (TPSA) is 27.6 Å². The minimum Gasteiger partial charge on any atom is -0.359 e. The van der Waals surface area contributed by atoms with Gasteiger partial charge in [-0.1, -0.05) is 31.0 Å². The highest BCUT2D eigenvalue weighted by Gasteiger charge is 2.41. The second-order valence-electron chi connectivity index (χ2n) is 6.85. The average molecular weight is 281 g/mol. The molecule has 1 aliphatic heterocycles. The lowest BCUT2D eigenvalue weighted by Crippen LogP contribution is -2.53. The van der Waals surface area contributed by atoms with Crippen molar-refractivity contribution in [2.75, 3.05) is 26.4 Å². The van der Waals surface area contributed by atoms with Gasteiger partial charge in [0.15, 0.2) is 5.17 Å². The van der Waals surface area contributed by atoms with Crippen LogP contribution in [0.25, 0.3) is 0 Å². The van der Waals surface area contributed by atoms with Gasteiger partial charge >= 0.3 is 0 Å².